The first-order valence-corrected chi connectivity index (χ1v) is 6.62. The second-order valence-electron chi connectivity index (χ2n) is 4.43. The van der Waals surface area contributed by atoms with Gasteiger partial charge in [-0.3, -0.25) is 9.38 Å². The number of fused-ring (bicyclic) bond motifs is 1. The maximum absolute atomic E-state index is 4.68. The summed E-state index contributed by atoms with van der Waals surface area (Å²) in [6.45, 7) is 2.78. The molecule has 1 aromatic carbocycles. The third kappa shape index (κ3) is 2.28. The van der Waals surface area contributed by atoms with Gasteiger partial charge < -0.3 is 5.32 Å². The van der Waals surface area contributed by atoms with E-state index in [1.54, 1.807) is 12.4 Å². The molecule has 0 aliphatic rings. The molecule has 0 saturated heterocycles. The van der Waals surface area contributed by atoms with E-state index in [2.05, 4.69) is 33.5 Å². The molecule has 4 nitrogen and oxygen atoms in total. The zero-order chi connectivity index (χ0) is 13.8. The summed E-state index contributed by atoms with van der Waals surface area (Å²) < 4.78 is 2.03. The van der Waals surface area contributed by atoms with Gasteiger partial charge in [0.2, 0.25) is 0 Å². The molecule has 0 fully saturated rings. The molecular formula is C16H16N4. The third-order valence-corrected chi connectivity index (χ3v) is 3.10. The lowest BCUT2D eigenvalue weighted by Crippen LogP contribution is -2.02. The summed E-state index contributed by atoms with van der Waals surface area (Å²) in [6.07, 6.45) is 9.57. The zero-order valence-corrected chi connectivity index (χ0v) is 11.3. The minimum atomic E-state index is 0.770. The van der Waals surface area contributed by atoms with Crippen LogP contribution in [0, 0.1) is 0 Å². The molecule has 0 spiro atoms. The van der Waals surface area contributed by atoms with E-state index in [0.29, 0.717) is 0 Å². The number of imidazole rings is 1. The van der Waals surface area contributed by atoms with Crippen LogP contribution in [-0.2, 0) is 0 Å². The van der Waals surface area contributed by atoms with Gasteiger partial charge in [0.05, 0.1) is 6.20 Å². The SMILES string of the molecule is C/C=C\CNc1c(-c2ccccc2)nc2cnccn12. The van der Waals surface area contributed by atoms with Gasteiger partial charge in [-0.15, -0.1) is 0 Å². The number of allylic oxidation sites excluding steroid dienone is 1. The minimum Gasteiger partial charge on any atom is -0.366 e. The van der Waals surface area contributed by atoms with E-state index in [9.17, 15) is 0 Å². The fraction of sp³-hybridized carbons (Fsp3) is 0.125. The lowest BCUT2D eigenvalue weighted by Gasteiger charge is -2.06. The van der Waals surface area contributed by atoms with Crippen molar-refractivity contribution in [3.8, 4) is 11.3 Å². The summed E-state index contributed by atoms with van der Waals surface area (Å²) in [5.74, 6) is 0.992. The molecule has 3 aromatic rings. The summed E-state index contributed by atoms with van der Waals surface area (Å²) in [4.78, 5) is 8.81. The first-order valence-electron chi connectivity index (χ1n) is 6.62. The number of rotatable bonds is 4. The molecule has 3 rings (SSSR count). The van der Waals surface area contributed by atoms with Crippen molar-refractivity contribution in [1.29, 1.82) is 0 Å². The second-order valence-corrected chi connectivity index (χ2v) is 4.43. The molecule has 0 unspecified atom stereocenters. The van der Waals surface area contributed by atoms with Gasteiger partial charge in [-0.25, -0.2) is 4.98 Å². The van der Waals surface area contributed by atoms with Crippen LogP contribution in [0.4, 0.5) is 5.82 Å². The van der Waals surface area contributed by atoms with Crippen molar-refractivity contribution in [2.45, 2.75) is 6.92 Å². The Balaban J connectivity index is 2.12. The highest BCUT2D eigenvalue weighted by Crippen LogP contribution is 2.27. The molecule has 100 valence electrons. The number of nitrogens with zero attached hydrogens (tertiary/aromatic N) is 3. The molecule has 0 atom stereocenters. The van der Waals surface area contributed by atoms with Gasteiger partial charge in [-0.05, 0) is 6.92 Å². The number of aromatic nitrogens is 3. The van der Waals surface area contributed by atoms with Gasteiger partial charge in [-0.1, -0.05) is 42.5 Å². The fourth-order valence-corrected chi connectivity index (χ4v) is 2.15. The van der Waals surface area contributed by atoms with Crippen molar-refractivity contribution >= 4 is 11.5 Å². The smallest absolute Gasteiger partial charge is 0.157 e. The average molecular weight is 264 g/mol. The molecule has 0 bridgehead atoms. The van der Waals surface area contributed by atoms with E-state index < -0.39 is 0 Å². The van der Waals surface area contributed by atoms with Crippen molar-refractivity contribution in [2.24, 2.45) is 0 Å². The van der Waals surface area contributed by atoms with Gasteiger partial charge in [0.1, 0.15) is 11.5 Å². The van der Waals surface area contributed by atoms with Crippen LogP contribution in [0.3, 0.4) is 0 Å². The normalized spacial score (nSPS) is 11.2. The van der Waals surface area contributed by atoms with Crippen LogP contribution >= 0.6 is 0 Å². The van der Waals surface area contributed by atoms with Crippen LogP contribution in [0.5, 0.6) is 0 Å². The Morgan fingerprint density at radius 2 is 2.10 bits per heavy atom. The molecule has 2 heterocycles. The standard InChI is InChI=1S/C16H16N4/c1-2-3-9-18-16-15(13-7-5-4-6-8-13)19-14-12-17-10-11-20(14)16/h2-8,10-12,18H,9H2,1H3/b3-2-. The first kappa shape index (κ1) is 12.4. The molecule has 0 aliphatic carbocycles. The highest BCUT2D eigenvalue weighted by Gasteiger charge is 2.12. The Bertz CT molecular complexity index is 729. The van der Waals surface area contributed by atoms with Crippen molar-refractivity contribution in [2.75, 3.05) is 11.9 Å². The quantitative estimate of drug-likeness (QED) is 0.734. The summed E-state index contributed by atoms with van der Waals surface area (Å²) in [5.41, 5.74) is 2.89. The third-order valence-electron chi connectivity index (χ3n) is 3.10. The molecular weight excluding hydrogens is 248 g/mol. The predicted molar refractivity (Wildman–Crippen MR) is 81.7 cm³/mol. The molecule has 0 saturated carbocycles. The molecule has 4 heteroatoms. The van der Waals surface area contributed by atoms with E-state index in [1.807, 2.05) is 41.8 Å². The zero-order valence-electron chi connectivity index (χ0n) is 11.3. The largest absolute Gasteiger partial charge is 0.366 e. The van der Waals surface area contributed by atoms with E-state index in [1.165, 1.54) is 0 Å². The Kier molecular flexibility index (Phi) is 3.46. The van der Waals surface area contributed by atoms with Crippen molar-refractivity contribution in [1.82, 2.24) is 14.4 Å². The van der Waals surface area contributed by atoms with E-state index in [-0.39, 0.29) is 0 Å². The lowest BCUT2D eigenvalue weighted by molar-refractivity contribution is 1.11. The lowest BCUT2D eigenvalue weighted by atomic mass is 10.1. The molecule has 1 N–H and O–H groups in total. The Labute approximate surface area is 117 Å². The van der Waals surface area contributed by atoms with Crippen molar-refractivity contribution in [3.63, 3.8) is 0 Å². The van der Waals surface area contributed by atoms with Crippen LogP contribution < -0.4 is 5.32 Å². The summed E-state index contributed by atoms with van der Waals surface area (Å²) in [5, 5.41) is 3.42. The van der Waals surface area contributed by atoms with Gasteiger partial charge >= 0.3 is 0 Å². The van der Waals surface area contributed by atoms with Gasteiger partial charge in [-0.2, -0.15) is 0 Å². The minimum absolute atomic E-state index is 0.770. The Hall–Kier alpha value is -2.62. The summed E-state index contributed by atoms with van der Waals surface area (Å²) in [7, 11) is 0. The molecule has 0 amide bonds. The van der Waals surface area contributed by atoms with Crippen LogP contribution in [0.25, 0.3) is 16.9 Å². The Morgan fingerprint density at radius 1 is 1.25 bits per heavy atom. The topological polar surface area (TPSA) is 42.2 Å². The van der Waals surface area contributed by atoms with Gasteiger partial charge in [0.25, 0.3) is 0 Å². The molecule has 20 heavy (non-hydrogen) atoms. The van der Waals surface area contributed by atoms with Gasteiger partial charge in [0.15, 0.2) is 5.65 Å². The molecule has 0 aliphatic heterocycles. The average Bonchev–Trinajstić information content (AvgIpc) is 2.87. The maximum atomic E-state index is 4.68. The number of nitrogens with one attached hydrogen (secondary N) is 1. The summed E-state index contributed by atoms with van der Waals surface area (Å²) in [6, 6.07) is 10.2. The van der Waals surface area contributed by atoms with Crippen LogP contribution in [0.1, 0.15) is 6.92 Å². The monoisotopic (exact) mass is 264 g/mol. The van der Waals surface area contributed by atoms with E-state index in [0.717, 1.165) is 29.3 Å². The van der Waals surface area contributed by atoms with Crippen molar-refractivity contribution in [3.05, 3.63) is 61.1 Å². The van der Waals surface area contributed by atoms with E-state index >= 15 is 0 Å². The first-order chi connectivity index (χ1) is 9.90. The number of benzene rings is 1. The highest BCUT2D eigenvalue weighted by atomic mass is 15.1. The number of hydrogen-bond acceptors (Lipinski definition) is 3. The van der Waals surface area contributed by atoms with Crippen molar-refractivity contribution < 1.29 is 0 Å². The van der Waals surface area contributed by atoms with Crippen LogP contribution in [-0.4, -0.2) is 20.9 Å². The highest BCUT2D eigenvalue weighted by molar-refractivity contribution is 5.76. The molecule has 0 radical (unpaired) electrons. The molecule has 2 aromatic heterocycles. The Morgan fingerprint density at radius 3 is 2.90 bits per heavy atom. The predicted octanol–water partition coefficient (Wildman–Crippen LogP) is 3.38. The summed E-state index contributed by atoms with van der Waals surface area (Å²) >= 11 is 0. The number of anilines is 1. The van der Waals surface area contributed by atoms with Crippen LogP contribution in [0.2, 0.25) is 0 Å². The number of hydrogen-bond donors (Lipinski definition) is 1. The second kappa shape index (κ2) is 5.57. The van der Waals surface area contributed by atoms with Crippen LogP contribution in [0.15, 0.2) is 61.1 Å². The van der Waals surface area contributed by atoms with Gasteiger partial charge in [0, 0.05) is 24.5 Å². The van der Waals surface area contributed by atoms with E-state index in [4.69, 9.17) is 0 Å². The maximum Gasteiger partial charge on any atom is 0.157 e. The fourth-order valence-electron chi connectivity index (χ4n) is 2.15.